The van der Waals surface area contributed by atoms with Crippen molar-refractivity contribution in [2.75, 3.05) is 5.73 Å². The van der Waals surface area contributed by atoms with Crippen LogP contribution in [0.4, 0.5) is 23.2 Å². The third-order valence-corrected chi connectivity index (χ3v) is 2.87. The number of aromatic nitrogens is 2. The SMILES string of the molecule is Nc1cc(-c2nc3cc(F)c(F)cc3[nH]2)c(F)cc1F. The summed E-state index contributed by atoms with van der Waals surface area (Å²) in [5.41, 5.74) is 5.35. The summed E-state index contributed by atoms with van der Waals surface area (Å²) in [4.78, 5) is 6.57. The van der Waals surface area contributed by atoms with Crippen LogP contribution in [0.25, 0.3) is 22.4 Å². The molecule has 0 amide bonds. The number of hydrogen-bond acceptors (Lipinski definition) is 2. The molecule has 0 saturated carbocycles. The number of nitrogens with one attached hydrogen (secondary N) is 1. The monoisotopic (exact) mass is 281 g/mol. The van der Waals surface area contributed by atoms with E-state index in [1.54, 1.807) is 0 Å². The second-order valence-corrected chi connectivity index (χ2v) is 4.22. The fourth-order valence-electron chi connectivity index (χ4n) is 1.88. The number of rotatable bonds is 1. The van der Waals surface area contributed by atoms with Crippen LogP contribution >= 0.6 is 0 Å². The smallest absolute Gasteiger partial charge is 0.161 e. The van der Waals surface area contributed by atoms with E-state index in [1.807, 2.05) is 0 Å². The van der Waals surface area contributed by atoms with Gasteiger partial charge in [0, 0.05) is 18.2 Å². The number of hydrogen-bond donors (Lipinski definition) is 2. The summed E-state index contributed by atoms with van der Waals surface area (Å²) in [6, 6.07) is 3.48. The van der Waals surface area contributed by atoms with Crippen molar-refractivity contribution in [2.24, 2.45) is 0 Å². The molecule has 1 aromatic heterocycles. The molecule has 0 atom stereocenters. The van der Waals surface area contributed by atoms with Crippen molar-refractivity contribution >= 4 is 16.7 Å². The minimum atomic E-state index is -1.06. The van der Waals surface area contributed by atoms with Gasteiger partial charge in [-0.25, -0.2) is 22.5 Å². The highest BCUT2D eigenvalue weighted by Crippen LogP contribution is 2.27. The molecule has 2 aromatic carbocycles. The zero-order chi connectivity index (χ0) is 14.4. The average Bonchev–Trinajstić information content (AvgIpc) is 2.77. The fourth-order valence-corrected chi connectivity index (χ4v) is 1.88. The zero-order valence-electron chi connectivity index (χ0n) is 9.85. The van der Waals surface area contributed by atoms with Crippen LogP contribution in [0, 0.1) is 23.3 Å². The highest BCUT2D eigenvalue weighted by atomic mass is 19.2. The van der Waals surface area contributed by atoms with Gasteiger partial charge in [0.05, 0.1) is 22.3 Å². The van der Waals surface area contributed by atoms with E-state index in [9.17, 15) is 17.6 Å². The Balaban J connectivity index is 2.22. The van der Waals surface area contributed by atoms with Crippen LogP contribution in [-0.2, 0) is 0 Å². The Bertz CT molecular complexity index is 787. The Hall–Kier alpha value is -2.57. The predicted molar refractivity (Wildman–Crippen MR) is 65.8 cm³/mol. The number of aromatic amines is 1. The van der Waals surface area contributed by atoms with Gasteiger partial charge in [-0.15, -0.1) is 0 Å². The molecule has 0 unspecified atom stereocenters. The van der Waals surface area contributed by atoms with Crippen LogP contribution in [0.3, 0.4) is 0 Å². The van der Waals surface area contributed by atoms with Gasteiger partial charge >= 0.3 is 0 Å². The van der Waals surface area contributed by atoms with Crippen molar-refractivity contribution < 1.29 is 17.6 Å². The molecule has 3 N–H and O–H groups in total. The molecule has 7 heteroatoms. The van der Waals surface area contributed by atoms with Gasteiger partial charge in [0.15, 0.2) is 11.6 Å². The molecule has 0 aliphatic heterocycles. The fraction of sp³-hybridized carbons (Fsp3) is 0. The maximum Gasteiger partial charge on any atom is 0.161 e. The number of nitrogens with zero attached hydrogens (tertiary/aromatic N) is 1. The first kappa shape index (κ1) is 12.5. The van der Waals surface area contributed by atoms with E-state index in [0.717, 1.165) is 18.2 Å². The normalized spacial score (nSPS) is 11.2. The van der Waals surface area contributed by atoms with Gasteiger partial charge in [0.2, 0.25) is 0 Å². The molecule has 1 heterocycles. The molecule has 0 spiro atoms. The summed E-state index contributed by atoms with van der Waals surface area (Å²) < 4.78 is 53.0. The lowest BCUT2D eigenvalue weighted by Crippen LogP contribution is -1.95. The zero-order valence-corrected chi connectivity index (χ0v) is 9.85. The van der Waals surface area contributed by atoms with Crippen molar-refractivity contribution in [2.45, 2.75) is 0 Å². The van der Waals surface area contributed by atoms with E-state index >= 15 is 0 Å². The lowest BCUT2D eigenvalue weighted by Gasteiger charge is -2.02. The second-order valence-electron chi connectivity index (χ2n) is 4.22. The first-order valence-corrected chi connectivity index (χ1v) is 5.55. The van der Waals surface area contributed by atoms with Gasteiger partial charge in [0.1, 0.15) is 17.5 Å². The van der Waals surface area contributed by atoms with Gasteiger partial charge in [-0.1, -0.05) is 0 Å². The average molecular weight is 281 g/mol. The maximum atomic E-state index is 13.7. The number of fused-ring (bicyclic) bond motifs is 1. The standard InChI is InChI=1S/C13H7F4N3/c14-6-2-9(17)10(18)1-5(6)13-19-11-3-7(15)8(16)4-12(11)20-13/h1-4H,18H2,(H,19,20). The molecular weight excluding hydrogens is 274 g/mol. The number of imidazole rings is 1. The van der Waals surface area contributed by atoms with E-state index in [-0.39, 0.29) is 28.1 Å². The maximum absolute atomic E-state index is 13.7. The Morgan fingerprint density at radius 1 is 0.850 bits per heavy atom. The molecule has 0 radical (unpaired) electrons. The molecule has 20 heavy (non-hydrogen) atoms. The highest BCUT2D eigenvalue weighted by Gasteiger charge is 2.15. The third kappa shape index (κ3) is 1.87. The van der Waals surface area contributed by atoms with Crippen LogP contribution in [0.2, 0.25) is 0 Å². The Morgan fingerprint density at radius 2 is 1.55 bits per heavy atom. The van der Waals surface area contributed by atoms with Crippen molar-refractivity contribution in [3.05, 3.63) is 47.5 Å². The van der Waals surface area contributed by atoms with E-state index in [1.165, 1.54) is 0 Å². The molecular formula is C13H7F4N3. The van der Waals surface area contributed by atoms with E-state index in [2.05, 4.69) is 9.97 Å². The predicted octanol–water partition coefficient (Wildman–Crippen LogP) is 3.37. The lowest BCUT2D eigenvalue weighted by atomic mass is 10.1. The molecule has 0 bridgehead atoms. The molecule has 3 rings (SSSR count). The minimum absolute atomic E-state index is 0.00852. The Labute approximate surface area is 110 Å². The largest absolute Gasteiger partial charge is 0.396 e. The summed E-state index contributed by atoms with van der Waals surface area (Å²) in [6.07, 6.45) is 0. The van der Waals surface area contributed by atoms with Gasteiger partial charge in [-0.3, -0.25) is 0 Å². The van der Waals surface area contributed by atoms with Gasteiger partial charge in [-0.2, -0.15) is 0 Å². The molecule has 0 aliphatic rings. The van der Waals surface area contributed by atoms with Crippen molar-refractivity contribution in [1.29, 1.82) is 0 Å². The second kappa shape index (κ2) is 4.22. The first-order valence-electron chi connectivity index (χ1n) is 5.55. The Kier molecular flexibility index (Phi) is 2.63. The number of nitrogen functional groups attached to an aromatic ring is 1. The summed E-state index contributed by atoms with van der Waals surface area (Å²) >= 11 is 0. The third-order valence-electron chi connectivity index (χ3n) is 2.87. The lowest BCUT2D eigenvalue weighted by molar-refractivity contribution is 0.510. The summed E-state index contributed by atoms with van der Waals surface area (Å²) in [5.74, 6) is -3.87. The topological polar surface area (TPSA) is 54.7 Å². The highest BCUT2D eigenvalue weighted by molar-refractivity contribution is 5.80. The minimum Gasteiger partial charge on any atom is -0.396 e. The summed E-state index contributed by atoms with van der Waals surface area (Å²) in [5, 5.41) is 0. The number of nitrogens with two attached hydrogens (primary N) is 1. The van der Waals surface area contributed by atoms with Crippen molar-refractivity contribution in [1.82, 2.24) is 9.97 Å². The van der Waals surface area contributed by atoms with Gasteiger partial charge in [0.25, 0.3) is 0 Å². The number of H-pyrrole nitrogens is 1. The van der Waals surface area contributed by atoms with Crippen LogP contribution in [0.1, 0.15) is 0 Å². The van der Waals surface area contributed by atoms with E-state index in [4.69, 9.17) is 5.73 Å². The van der Waals surface area contributed by atoms with Crippen LogP contribution in [-0.4, -0.2) is 9.97 Å². The molecule has 0 saturated heterocycles. The molecule has 3 nitrogen and oxygen atoms in total. The van der Waals surface area contributed by atoms with Gasteiger partial charge < -0.3 is 10.7 Å². The molecule has 0 aliphatic carbocycles. The van der Waals surface area contributed by atoms with Gasteiger partial charge in [-0.05, 0) is 6.07 Å². The van der Waals surface area contributed by atoms with Crippen molar-refractivity contribution in [3.8, 4) is 11.4 Å². The summed E-state index contributed by atoms with van der Waals surface area (Å²) in [7, 11) is 0. The van der Waals surface area contributed by atoms with Crippen LogP contribution in [0.5, 0.6) is 0 Å². The number of anilines is 1. The van der Waals surface area contributed by atoms with Crippen molar-refractivity contribution in [3.63, 3.8) is 0 Å². The Morgan fingerprint density at radius 3 is 2.30 bits per heavy atom. The molecule has 3 aromatic rings. The quantitative estimate of drug-likeness (QED) is 0.530. The summed E-state index contributed by atoms with van der Waals surface area (Å²) in [6.45, 7) is 0. The first-order chi connectivity index (χ1) is 9.45. The number of benzene rings is 2. The number of halogens is 4. The van der Waals surface area contributed by atoms with Crippen LogP contribution in [0.15, 0.2) is 24.3 Å². The van der Waals surface area contributed by atoms with E-state index < -0.39 is 23.3 Å². The molecule has 0 fully saturated rings. The van der Waals surface area contributed by atoms with Crippen LogP contribution < -0.4 is 5.73 Å². The van der Waals surface area contributed by atoms with E-state index in [0.29, 0.717) is 6.07 Å². The molecule has 102 valence electrons.